The summed E-state index contributed by atoms with van der Waals surface area (Å²) in [5, 5.41) is 0.711. The molecule has 6 rings (SSSR count). The Morgan fingerprint density at radius 3 is 2.34 bits per heavy atom. The average molecular weight is 608 g/mol. The highest BCUT2D eigenvalue weighted by Gasteiger charge is 2.23. The monoisotopic (exact) mass is 607 g/mol. The van der Waals surface area contributed by atoms with Gasteiger partial charge < -0.3 is 18.8 Å². The van der Waals surface area contributed by atoms with E-state index >= 15 is 0 Å². The van der Waals surface area contributed by atoms with Crippen LogP contribution in [0.4, 0.5) is 0 Å². The van der Waals surface area contributed by atoms with Crippen molar-refractivity contribution in [3.63, 3.8) is 0 Å². The maximum absolute atomic E-state index is 6.32. The van der Waals surface area contributed by atoms with Crippen molar-refractivity contribution in [3.05, 3.63) is 119 Å². The van der Waals surface area contributed by atoms with Crippen LogP contribution in [-0.4, -0.2) is 27.9 Å². The van der Waals surface area contributed by atoms with Gasteiger partial charge in [-0.25, -0.2) is 4.98 Å². The Kier molecular flexibility index (Phi) is 9.49. The summed E-state index contributed by atoms with van der Waals surface area (Å²) >= 11 is 6.32. The Hall–Kier alpha value is -4.26. The summed E-state index contributed by atoms with van der Waals surface area (Å²) in [6.45, 7) is 8.16. The number of benzene rings is 4. The van der Waals surface area contributed by atoms with E-state index in [1.165, 1.54) is 11.3 Å². The molecule has 1 aromatic heterocycles. The Morgan fingerprint density at radius 1 is 0.795 bits per heavy atom. The summed E-state index contributed by atoms with van der Waals surface area (Å²) < 4.78 is 19.6. The van der Waals surface area contributed by atoms with Crippen LogP contribution in [0.15, 0.2) is 97.1 Å². The molecule has 0 saturated heterocycles. The molecule has 0 N–H and O–H groups in total. The highest BCUT2D eigenvalue weighted by atomic mass is 35.5. The fourth-order valence-corrected chi connectivity index (χ4v) is 5.81. The van der Waals surface area contributed by atoms with Gasteiger partial charge in [-0.1, -0.05) is 85.6 Å². The minimum absolute atomic E-state index is 0.260. The molecule has 0 fully saturated rings. The lowest BCUT2D eigenvalue weighted by atomic mass is 10.1. The standard InChI is InChI=1S/C37H38ClN3O3/c1-3-5-20-41-33(36(29-15-17-31(38)18-16-29)39-37(41)30-11-7-6-8-12-30)25-40(23-27-10-9-13-32(21-27)42-4-2)24-28-14-19-34-35(22-28)44-26-43-34/h6-19,21-22H,3-5,20,23-26H2,1-2H3. The second-order valence-corrected chi connectivity index (χ2v) is 11.5. The van der Waals surface area contributed by atoms with E-state index in [2.05, 4.69) is 83.1 Å². The first-order valence-corrected chi connectivity index (χ1v) is 15.7. The van der Waals surface area contributed by atoms with Gasteiger partial charge in [0.1, 0.15) is 11.6 Å². The number of unbranched alkanes of at least 4 members (excludes halogenated alkanes) is 1. The largest absolute Gasteiger partial charge is 0.494 e. The lowest BCUT2D eigenvalue weighted by Crippen LogP contribution is -2.24. The molecule has 5 aromatic rings. The van der Waals surface area contributed by atoms with Crippen LogP contribution in [0.5, 0.6) is 17.2 Å². The van der Waals surface area contributed by atoms with Gasteiger partial charge in [-0.3, -0.25) is 4.90 Å². The van der Waals surface area contributed by atoms with E-state index in [0.29, 0.717) is 18.2 Å². The first kappa shape index (κ1) is 29.8. The van der Waals surface area contributed by atoms with Crippen LogP contribution in [0, 0.1) is 0 Å². The number of rotatable bonds is 13. The van der Waals surface area contributed by atoms with E-state index in [9.17, 15) is 0 Å². The van der Waals surface area contributed by atoms with E-state index in [4.69, 9.17) is 30.8 Å². The number of hydrogen-bond acceptors (Lipinski definition) is 5. The van der Waals surface area contributed by atoms with Crippen LogP contribution >= 0.6 is 11.6 Å². The van der Waals surface area contributed by atoms with E-state index in [-0.39, 0.29) is 6.79 Å². The summed E-state index contributed by atoms with van der Waals surface area (Å²) in [7, 11) is 0. The number of hydrogen-bond donors (Lipinski definition) is 0. The summed E-state index contributed by atoms with van der Waals surface area (Å²) in [4.78, 5) is 7.79. The molecular weight excluding hydrogens is 570 g/mol. The minimum atomic E-state index is 0.260. The van der Waals surface area contributed by atoms with Gasteiger partial charge in [0.15, 0.2) is 11.5 Å². The second kappa shape index (κ2) is 14.0. The van der Waals surface area contributed by atoms with Crippen LogP contribution in [0.1, 0.15) is 43.5 Å². The summed E-state index contributed by atoms with van der Waals surface area (Å²) in [6.07, 6.45) is 2.15. The maximum atomic E-state index is 6.32. The van der Waals surface area contributed by atoms with E-state index < -0.39 is 0 Å². The highest BCUT2D eigenvalue weighted by Crippen LogP contribution is 2.35. The lowest BCUT2D eigenvalue weighted by Gasteiger charge is -2.25. The van der Waals surface area contributed by atoms with E-state index in [1.807, 2.05) is 37.3 Å². The molecule has 0 unspecified atom stereocenters. The highest BCUT2D eigenvalue weighted by molar-refractivity contribution is 6.30. The molecule has 0 atom stereocenters. The van der Waals surface area contributed by atoms with Crippen molar-refractivity contribution in [1.82, 2.24) is 14.5 Å². The van der Waals surface area contributed by atoms with Crippen molar-refractivity contribution in [2.75, 3.05) is 13.4 Å². The number of nitrogens with zero attached hydrogens (tertiary/aromatic N) is 3. The lowest BCUT2D eigenvalue weighted by molar-refractivity contribution is 0.174. The Morgan fingerprint density at radius 2 is 1.57 bits per heavy atom. The molecule has 1 aliphatic heterocycles. The van der Waals surface area contributed by atoms with Gasteiger partial charge in [-0.2, -0.15) is 0 Å². The average Bonchev–Trinajstić information content (AvgIpc) is 3.65. The summed E-state index contributed by atoms with van der Waals surface area (Å²) in [5.41, 5.74) is 6.67. The zero-order chi connectivity index (χ0) is 30.3. The van der Waals surface area contributed by atoms with Crippen molar-refractivity contribution >= 4 is 11.6 Å². The Bertz CT molecular complexity index is 1680. The van der Waals surface area contributed by atoms with Gasteiger partial charge in [-0.15, -0.1) is 0 Å². The Labute approximate surface area is 264 Å². The first-order chi connectivity index (χ1) is 21.6. The van der Waals surface area contributed by atoms with Gasteiger partial charge in [0.2, 0.25) is 6.79 Å². The molecule has 0 saturated carbocycles. The molecule has 44 heavy (non-hydrogen) atoms. The predicted octanol–water partition coefficient (Wildman–Crippen LogP) is 9.00. The molecule has 0 spiro atoms. The zero-order valence-electron chi connectivity index (χ0n) is 25.3. The number of aromatic nitrogens is 2. The number of imidazole rings is 1. The van der Waals surface area contributed by atoms with Gasteiger partial charge in [-0.05, 0) is 60.9 Å². The zero-order valence-corrected chi connectivity index (χ0v) is 26.1. The molecule has 0 bridgehead atoms. The van der Waals surface area contributed by atoms with Crippen LogP contribution in [0.3, 0.4) is 0 Å². The molecule has 1 aliphatic rings. The van der Waals surface area contributed by atoms with Gasteiger partial charge in [0.25, 0.3) is 0 Å². The van der Waals surface area contributed by atoms with E-state index in [1.54, 1.807) is 0 Å². The molecule has 0 radical (unpaired) electrons. The van der Waals surface area contributed by atoms with Crippen molar-refractivity contribution in [2.24, 2.45) is 0 Å². The van der Waals surface area contributed by atoms with Gasteiger partial charge in [0.05, 0.1) is 18.0 Å². The second-order valence-electron chi connectivity index (χ2n) is 11.0. The van der Waals surface area contributed by atoms with Crippen molar-refractivity contribution < 1.29 is 14.2 Å². The fraction of sp³-hybridized carbons (Fsp3) is 0.270. The predicted molar refractivity (Wildman–Crippen MR) is 176 cm³/mol. The van der Waals surface area contributed by atoms with Crippen molar-refractivity contribution in [2.45, 2.75) is 52.9 Å². The number of ether oxygens (including phenoxy) is 3. The Balaban J connectivity index is 1.44. The summed E-state index contributed by atoms with van der Waals surface area (Å²) in [5.74, 6) is 3.46. The molecule has 4 aromatic carbocycles. The SMILES string of the molecule is CCCCn1c(-c2ccccc2)nc(-c2ccc(Cl)cc2)c1CN(Cc1cccc(OCC)c1)Cc1ccc2c(c1)OCO2. The van der Waals surface area contributed by atoms with Crippen molar-refractivity contribution in [3.8, 4) is 39.9 Å². The van der Waals surface area contributed by atoms with Crippen molar-refractivity contribution in [1.29, 1.82) is 0 Å². The third kappa shape index (κ3) is 6.93. The third-order valence-electron chi connectivity index (χ3n) is 7.79. The minimum Gasteiger partial charge on any atom is -0.494 e. The molecule has 7 heteroatoms. The molecule has 0 aliphatic carbocycles. The number of halogens is 1. The molecular formula is C37H38ClN3O3. The topological polar surface area (TPSA) is 48.8 Å². The molecule has 226 valence electrons. The van der Waals surface area contributed by atoms with Crippen LogP contribution in [-0.2, 0) is 26.2 Å². The normalized spacial score (nSPS) is 12.2. The summed E-state index contributed by atoms with van der Waals surface area (Å²) in [6, 6.07) is 33.1. The van der Waals surface area contributed by atoms with Gasteiger partial charge >= 0.3 is 0 Å². The van der Waals surface area contributed by atoms with Crippen LogP contribution in [0.2, 0.25) is 5.02 Å². The fourth-order valence-electron chi connectivity index (χ4n) is 5.69. The quantitative estimate of drug-likeness (QED) is 0.134. The van der Waals surface area contributed by atoms with Crippen LogP contribution < -0.4 is 14.2 Å². The van der Waals surface area contributed by atoms with E-state index in [0.717, 1.165) is 77.9 Å². The third-order valence-corrected chi connectivity index (χ3v) is 8.04. The molecule has 6 nitrogen and oxygen atoms in total. The molecule has 0 amide bonds. The van der Waals surface area contributed by atoms with Crippen LogP contribution in [0.25, 0.3) is 22.6 Å². The first-order valence-electron chi connectivity index (χ1n) is 15.3. The van der Waals surface area contributed by atoms with Gasteiger partial charge in [0, 0.05) is 42.3 Å². The maximum Gasteiger partial charge on any atom is 0.231 e. The number of fused-ring (bicyclic) bond motifs is 1. The molecule has 2 heterocycles. The smallest absolute Gasteiger partial charge is 0.231 e.